The van der Waals surface area contributed by atoms with Crippen molar-refractivity contribution in [2.45, 2.75) is 13.3 Å². The second-order valence-electron chi connectivity index (χ2n) is 3.50. The fourth-order valence-corrected chi connectivity index (χ4v) is 1.55. The third-order valence-electron chi connectivity index (χ3n) is 2.24. The lowest BCUT2D eigenvalue weighted by Gasteiger charge is -2.12. The molecule has 0 fully saturated rings. The Bertz CT molecular complexity index is 376. The van der Waals surface area contributed by atoms with Gasteiger partial charge in [0, 0.05) is 5.88 Å². The summed E-state index contributed by atoms with van der Waals surface area (Å²) in [6.07, 6.45) is 0.625. The first-order valence-electron chi connectivity index (χ1n) is 5.62. The Labute approximate surface area is 107 Å². The molecule has 4 heteroatoms. The molecule has 0 aliphatic carbocycles. The molecule has 0 saturated heterocycles. The number of nitriles is 1. The van der Waals surface area contributed by atoms with Crippen LogP contribution in [0.1, 0.15) is 13.3 Å². The lowest BCUT2D eigenvalue weighted by molar-refractivity contribution is 0.266. The number of ether oxygens (including phenoxy) is 2. The summed E-state index contributed by atoms with van der Waals surface area (Å²) in [5.74, 6) is 1.62. The van der Waals surface area contributed by atoms with E-state index in [-0.39, 0.29) is 5.92 Å². The van der Waals surface area contributed by atoms with Gasteiger partial charge in [0.25, 0.3) is 0 Å². The molecule has 0 aliphatic heterocycles. The number of rotatable bonds is 7. The summed E-state index contributed by atoms with van der Waals surface area (Å²) in [5.41, 5.74) is 0. The smallest absolute Gasteiger partial charge is 0.161 e. The van der Waals surface area contributed by atoms with Gasteiger partial charge in [-0.3, -0.25) is 0 Å². The lowest BCUT2D eigenvalue weighted by atomic mass is 10.1. The van der Waals surface area contributed by atoms with Crippen molar-refractivity contribution in [1.82, 2.24) is 0 Å². The minimum atomic E-state index is -0.157. The first-order chi connectivity index (χ1) is 8.31. The summed E-state index contributed by atoms with van der Waals surface area (Å²) in [7, 11) is 0. The average molecular weight is 254 g/mol. The average Bonchev–Trinajstić information content (AvgIpc) is 2.37. The molecule has 0 saturated carbocycles. The summed E-state index contributed by atoms with van der Waals surface area (Å²) >= 11 is 5.63. The van der Waals surface area contributed by atoms with Gasteiger partial charge < -0.3 is 9.47 Å². The van der Waals surface area contributed by atoms with Gasteiger partial charge in [-0.25, -0.2) is 0 Å². The number of alkyl halides is 1. The zero-order valence-electron chi connectivity index (χ0n) is 9.86. The largest absolute Gasteiger partial charge is 0.490 e. The van der Waals surface area contributed by atoms with Crippen LogP contribution in [0.5, 0.6) is 11.5 Å². The molecule has 17 heavy (non-hydrogen) atoms. The molecule has 0 aliphatic rings. The van der Waals surface area contributed by atoms with Crippen LogP contribution in [0, 0.1) is 17.2 Å². The zero-order valence-corrected chi connectivity index (χ0v) is 10.6. The van der Waals surface area contributed by atoms with Crippen LogP contribution in [0.4, 0.5) is 0 Å². The van der Waals surface area contributed by atoms with E-state index >= 15 is 0 Å². The van der Waals surface area contributed by atoms with E-state index in [9.17, 15) is 0 Å². The van der Waals surface area contributed by atoms with Gasteiger partial charge in [0.15, 0.2) is 11.5 Å². The van der Waals surface area contributed by atoms with E-state index in [1.54, 1.807) is 0 Å². The van der Waals surface area contributed by atoms with E-state index in [1.807, 2.05) is 31.2 Å². The first-order valence-corrected chi connectivity index (χ1v) is 6.15. The number of benzene rings is 1. The van der Waals surface area contributed by atoms with Crippen molar-refractivity contribution in [3.05, 3.63) is 24.3 Å². The van der Waals surface area contributed by atoms with Crippen LogP contribution >= 0.6 is 11.6 Å². The van der Waals surface area contributed by atoms with Crippen LogP contribution < -0.4 is 9.47 Å². The maximum absolute atomic E-state index is 8.75. The van der Waals surface area contributed by atoms with Crippen LogP contribution in [0.3, 0.4) is 0 Å². The Balaban J connectivity index is 2.48. The molecule has 1 aromatic carbocycles. The third kappa shape index (κ3) is 4.54. The fraction of sp³-hybridized carbons (Fsp3) is 0.462. The second kappa shape index (κ2) is 7.81. The molecule has 1 unspecified atom stereocenters. The second-order valence-corrected chi connectivity index (χ2v) is 3.81. The van der Waals surface area contributed by atoms with Gasteiger partial charge in [-0.05, 0) is 25.5 Å². The van der Waals surface area contributed by atoms with E-state index in [4.69, 9.17) is 26.3 Å². The highest BCUT2D eigenvalue weighted by atomic mass is 35.5. The predicted octanol–water partition coefficient (Wildman–Crippen LogP) is 3.23. The van der Waals surface area contributed by atoms with Crippen LogP contribution in [0.2, 0.25) is 0 Å². The standard InChI is InChI=1S/C13H16ClNO2/c1-2-16-12-5-3-4-6-13(12)17-8-7-11(9-14)10-15/h3-6,11H,2,7-9H2,1H3. The van der Waals surface area contributed by atoms with Gasteiger partial charge in [-0.15, -0.1) is 11.6 Å². The molecule has 1 aromatic rings. The van der Waals surface area contributed by atoms with E-state index < -0.39 is 0 Å². The van der Waals surface area contributed by atoms with Crippen LogP contribution in [-0.4, -0.2) is 19.1 Å². The van der Waals surface area contributed by atoms with E-state index in [1.165, 1.54) is 0 Å². The Kier molecular flexibility index (Phi) is 6.27. The van der Waals surface area contributed by atoms with Gasteiger partial charge in [-0.1, -0.05) is 12.1 Å². The highest BCUT2D eigenvalue weighted by Gasteiger charge is 2.07. The summed E-state index contributed by atoms with van der Waals surface area (Å²) in [6.45, 7) is 2.99. The Morgan fingerprint density at radius 2 is 1.94 bits per heavy atom. The Morgan fingerprint density at radius 3 is 2.47 bits per heavy atom. The number of para-hydroxylation sites is 2. The van der Waals surface area contributed by atoms with Crippen molar-refractivity contribution >= 4 is 11.6 Å². The van der Waals surface area contributed by atoms with Crippen molar-refractivity contribution in [3.63, 3.8) is 0 Å². The highest BCUT2D eigenvalue weighted by molar-refractivity contribution is 6.18. The molecule has 1 rings (SSSR count). The van der Waals surface area contributed by atoms with Crippen LogP contribution in [0.15, 0.2) is 24.3 Å². The molecule has 0 aromatic heterocycles. The summed E-state index contributed by atoms with van der Waals surface area (Å²) in [4.78, 5) is 0. The van der Waals surface area contributed by atoms with E-state index in [2.05, 4.69) is 6.07 Å². The molecule has 0 N–H and O–H groups in total. The minimum Gasteiger partial charge on any atom is -0.490 e. The number of hydrogen-bond acceptors (Lipinski definition) is 3. The Morgan fingerprint density at radius 1 is 1.29 bits per heavy atom. The van der Waals surface area contributed by atoms with Crippen molar-refractivity contribution in [1.29, 1.82) is 5.26 Å². The molecule has 0 heterocycles. The quantitative estimate of drug-likeness (QED) is 0.701. The molecular weight excluding hydrogens is 238 g/mol. The minimum absolute atomic E-state index is 0.157. The first kappa shape index (κ1) is 13.7. The normalized spacial score (nSPS) is 11.6. The summed E-state index contributed by atoms with van der Waals surface area (Å²) in [5, 5.41) is 8.75. The molecule has 1 atom stereocenters. The fourth-order valence-electron chi connectivity index (χ4n) is 1.33. The Hall–Kier alpha value is -1.40. The van der Waals surface area contributed by atoms with Crippen LogP contribution in [0.25, 0.3) is 0 Å². The van der Waals surface area contributed by atoms with E-state index in [0.29, 0.717) is 31.3 Å². The number of hydrogen-bond donors (Lipinski definition) is 0. The van der Waals surface area contributed by atoms with Gasteiger partial charge in [0.1, 0.15) is 0 Å². The van der Waals surface area contributed by atoms with Gasteiger partial charge in [0.05, 0.1) is 25.2 Å². The number of nitrogens with zero attached hydrogens (tertiary/aromatic N) is 1. The zero-order chi connectivity index (χ0) is 12.5. The van der Waals surface area contributed by atoms with Crippen molar-refractivity contribution in [2.24, 2.45) is 5.92 Å². The van der Waals surface area contributed by atoms with Crippen molar-refractivity contribution in [2.75, 3.05) is 19.1 Å². The highest BCUT2D eigenvalue weighted by Crippen LogP contribution is 2.26. The molecule has 0 bridgehead atoms. The maximum Gasteiger partial charge on any atom is 0.161 e. The van der Waals surface area contributed by atoms with Gasteiger partial charge in [-0.2, -0.15) is 5.26 Å². The van der Waals surface area contributed by atoms with Crippen LogP contribution in [-0.2, 0) is 0 Å². The maximum atomic E-state index is 8.75. The molecule has 0 amide bonds. The molecule has 92 valence electrons. The third-order valence-corrected chi connectivity index (χ3v) is 2.61. The lowest BCUT2D eigenvalue weighted by Crippen LogP contribution is -2.07. The number of halogens is 1. The van der Waals surface area contributed by atoms with E-state index in [0.717, 1.165) is 5.75 Å². The molecule has 0 radical (unpaired) electrons. The van der Waals surface area contributed by atoms with Crippen molar-refractivity contribution in [3.8, 4) is 17.6 Å². The monoisotopic (exact) mass is 253 g/mol. The molecule has 0 spiro atoms. The predicted molar refractivity (Wildman–Crippen MR) is 67.5 cm³/mol. The SMILES string of the molecule is CCOc1ccccc1OCCC(C#N)CCl. The molecule has 3 nitrogen and oxygen atoms in total. The topological polar surface area (TPSA) is 42.2 Å². The summed E-state index contributed by atoms with van der Waals surface area (Å²) in [6, 6.07) is 9.64. The molecular formula is C13H16ClNO2. The van der Waals surface area contributed by atoms with Crippen molar-refractivity contribution < 1.29 is 9.47 Å². The summed E-state index contributed by atoms with van der Waals surface area (Å²) < 4.78 is 11.0. The van der Waals surface area contributed by atoms with Gasteiger partial charge in [0.2, 0.25) is 0 Å². The van der Waals surface area contributed by atoms with Gasteiger partial charge >= 0.3 is 0 Å².